The Morgan fingerprint density at radius 2 is 1.31 bits per heavy atom. The van der Waals surface area contributed by atoms with Gasteiger partial charge in [0.2, 0.25) is 11.8 Å². The van der Waals surface area contributed by atoms with E-state index in [1.165, 1.54) is 0 Å². The van der Waals surface area contributed by atoms with Crippen LogP contribution in [0, 0.1) is 11.3 Å². The lowest BCUT2D eigenvalue weighted by molar-refractivity contribution is -0.155. The van der Waals surface area contributed by atoms with Gasteiger partial charge in [0.1, 0.15) is 17.2 Å². The quantitative estimate of drug-likeness (QED) is 0.239. The molecule has 0 heterocycles. The van der Waals surface area contributed by atoms with Crippen LogP contribution >= 0.6 is 0 Å². The van der Waals surface area contributed by atoms with Gasteiger partial charge in [-0.2, -0.15) is 0 Å². The van der Waals surface area contributed by atoms with Crippen LogP contribution in [-0.2, 0) is 28.6 Å². The molecule has 3 N–H and O–H groups in total. The highest BCUT2D eigenvalue weighted by molar-refractivity contribution is 5.86. The summed E-state index contributed by atoms with van der Waals surface area (Å²) in [5.74, 6) is -0.525. The molecule has 0 bridgehead atoms. The molecule has 0 aliphatic rings. The second-order valence-electron chi connectivity index (χ2n) is 12.0. The summed E-state index contributed by atoms with van der Waals surface area (Å²) in [5.41, 5.74) is -1.82. The molecule has 10 heteroatoms. The molecule has 36 heavy (non-hydrogen) atoms. The summed E-state index contributed by atoms with van der Waals surface area (Å²) in [5, 5.41) is 8.09. The second-order valence-corrected chi connectivity index (χ2v) is 12.0. The number of alkyl carbamates (subject to hydrolysis) is 1. The predicted octanol–water partition coefficient (Wildman–Crippen LogP) is 3.32. The van der Waals surface area contributed by atoms with E-state index in [1.807, 2.05) is 13.8 Å². The molecule has 0 aliphatic heterocycles. The maximum absolute atomic E-state index is 12.7. The summed E-state index contributed by atoms with van der Waals surface area (Å²) < 4.78 is 16.0. The van der Waals surface area contributed by atoms with E-state index >= 15 is 0 Å². The van der Waals surface area contributed by atoms with Crippen molar-refractivity contribution in [2.45, 2.75) is 106 Å². The van der Waals surface area contributed by atoms with Crippen LogP contribution in [0.1, 0.15) is 88.5 Å². The zero-order valence-corrected chi connectivity index (χ0v) is 24.0. The van der Waals surface area contributed by atoms with E-state index in [4.69, 9.17) is 14.2 Å². The number of nitrogens with one attached hydrogen (secondary N) is 3. The zero-order valence-electron chi connectivity index (χ0n) is 24.0. The van der Waals surface area contributed by atoms with Crippen molar-refractivity contribution in [1.82, 2.24) is 16.0 Å². The van der Waals surface area contributed by atoms with E-state index in [0.717, 1.165) is 6.42 Å². The maximum Gasteiger partial charge on any atom is 0.408 e. The van der Waals surface area contributed by atoms with Gasteiger partial charge in [0.25, 0.3) is 0 Å². The van der Waals surface area contributed by atoms with E-state index in [1.54, 1.807) is 41.5 Å². The number of hydrogen-bond donors (Lipinski definition) is 3. The molecule has 0 saturated carbocycles. The Morgan fingerprint density at radius 3 is 1.81 bits per heavy atom. The predicted molar refractivity (Wildman–Crippen MR) is 138 cm³/mol. The molecule has 1 atom stereocenters. The highest BCUT2D eigenvalue weighted by Gasteiger charge is 2.28. The molecule has 0 radical (unpaired) electrons. The fourth-order valence-electron chi connectivity index (χ4n) is 3.43. The lowest BCUT2D eigenvalue weighted by Gasteiger charge is -2.25. The maximum atomic E-state index is 12.7. The summed E-state index contributed by atoms with van der Waals surface area (Å²) in [6.45, 7) is 19.5. The van der Waals surface area contributed by atoms with E-state index < -0.39 is 40.6 Å². The normalized spacial score (nSPS) is 13.1. The third kappa shape index (κ3) is 17.1. The first kappa shape index (κ1) is 33.6. The number of carbonyl (C=O) groups excluding carboxylic acids is 4. The standard InChI is InChI=1S/C26H49N3O7/c1-18(2)17-26(9,10)22(32)28-14-16-34-15-13-27-21(31)19(29-23(33)36-25(6,7)8)11-12-20(30)35-24(3,4)5/h18-19H,11-17H2,1-10H3,(H,27,31)(H,28,32)(H,29,33). The van der Waals surface area contributed by atoms with Crippen LogP contribution in [0.2, 0.25) is 0 Å². The fraction of sp³-hybridized carbons (Fsp3) is 0.846. The largest absolute Gasteiger partial charge is 0.460 e. The molecule has 10 nitrogen and oxygen atoms in total. The summed E-state index contributed by atoms with van der Waals surface area (Å²) >= 11 is 0. The van der Waals surface area contributed by atoms with Crippen molar-refractivity contribution in [2.24, 2.45) is 11.3 Å². The monoisotopic (exact) mass is 515 g/mol. The Hall–Kier alpha value is -2.36. The summed E-state index contributed by atoms with van der Waals surface area (Å²) in [6, 6.07) is -0.977. The van der Waals surface area contributed by atoms with Crippen molar-refractivity contribution in [3.05, 3.63) is 0 Å². The Bertz CT molecular complexity index is 722. The van der Waals surface area contributed by atoms with Crippen molar-refractivity contribution >= 4 is 23.9 Å². The molecule has 0 rings (SSSR count). The first-order chi connectivity index (χ1) is 16.3. The van der Waals surface area contributed by atoms with E-state index in [9.17, 15) is 19.2 Å². The van der Waals surface area contributed by atoms with Crippen molar-refractivity contribution in [3.8, 4) is 0 Å². The molecule has 0 spiro atoms. The molecule has 0 aromatic carbocycles. The topological polar surface area (TPSA) is 132 Å². The molecule has 0 fully saturated rings. The van der Waals surface area contributed by atoms with Crippen molar-refractivity contribution in [2.75, 3.05) is 26.3 Å². The van der Waals surface area contributed by atoms with Gasteiger partial charge in [0.15, 0.2) is 0 Å². The summed E-state index contributed by atoms with van der Waals surface area (Å²) in [4.78, 5) is 49.3. The Balaban J connectivity index is 4.59. The first-order valence-electron chi connectivity index (χ1n) is 12.7. The minimum Gasteiger partial charge on any atom is -0.460 e. The Labute approximate surface area is 216 Å². The number of esters is 1. The molecular weight excluding hydrogens is 466 g/mol. The average molecular weight is 516 g/mol. The minimum absolute atomic E-state index is 0.0193. The third-order valence-corrected chi connectivity index (χ3v) is 4.68. The molecule has 3 amide bonds. The van der Waals surface area contributed by atoms with Crippen LogP contribution in [0.3, 0.4) is 0 Å². The van der Waals surface area contributed by atoms with Crippen molar-refractivity contribution in [3.63, 3.8) is 0 Å². The van der Waals surface area contributed by atoms with E-state index in [0.29, 0.717) is 19.1 Å². The van der Waals surface area contributed by atoms with Crippen molar-refractivity contribution in [1.29, 1.82) is 0 Å². The Kier molecular flexibility index (Phi) is 14.0. The van der Waals surface area contributed by atoms with Gasteiger partial charge >= 0.3 is 12.1 Å². The first-order valence-corrected chi connectivity index (χ1v) is 12.7. The van der Waals surface area contributed by atoms with Gasteiger partial charge in [-0.15, -0.1) is 0 Å². The van der Waals surface area contributed by atoms with Crippen LogP contribution < -0.4 is 16.0 Å². The average Bonchev–Trinajstić information content (AvgIpc) is 2.66. The molecular formula is C26H49N3O7. The summed E-state index contributed by atoms with van der Waals surface area (Å²) in [6.07, 6.45) is 0.0466. The highest BCUT2D eigenvalue weighted by Crippen LogP contribution is 2.25. The van der Waals surface area contributed by atoms with Crippen molar-refractivity contribution < 1.29 is 33.4 Å². The lowest BCUT2D eigenvalue weighted by atomic mass is 9.83. The van der Waals surface area contributed by atoms with Crippen LogP contribution in [0.5, 0.6) is 0 Å². The third-order valence-electron chi connectivity index (χ3n) is 4.68. The molecule has 210 valence electrons. The van der Waals surface area contributed by atoms with Gasteiger partial charge in [0, 0.05) is 24.9 Å². The number of ether oxygens (including phenoxy) is 3. The molecule has 0 aliphatic carbocycles. The van der Waals surface area contributed by atoms with E-state index in [2.05, 4.69) is 29.8 Å². The van der Waals surface area contributed by atoms with Gasteiger partial charge in [-0.25, -0.2) is 4.79 Å². The lowest BCUT2D eigenvalue weighted by Crippen LogP contribution is -2.49. The van der Waals surface area contributed by atoms with E-state index in [-0.39, 0.29) is 31.9 Å². The number of hydrogen-bond acceptors (Lipinski definition) is 7. The SMILES string of the molecule is CC(C)CC(C)(C)C(=O)NCCOCCNC(=O)C(CCC(=O)OC(C)(C)C)NC(=O)OC(C)(C)C. The summed E-state index contributed by atoms with van der Waals surface area (Å²) in [7, 11) is 0. The highest BCUT2D eigenvalue weighted by atomic mass is 16.6. The van der Waals surface area contributed by atoms with Crippen LogP contribution in [-0.4, -0.2) is 67.4 Å². The van der Waals surface area contributed by atoms with Gasteiger partial charge in [-0.05, 0) is 60.3 Å². The fourth-order valence-corrected chi connectivity index (χ4v) is 3.43. The smallest absolute Gasteiger partial charge is 0.408 e. The van der Waals surface area contributed by atoms with Crippen LogP contribution in [0.4, 0.5) is 4.79 Å². The minimum atomic E-state index is -0.977. The molecule has 0 aromatic rings. The number of carbonyl (C=O) groups is 4. The number of rotatable bonds is 14. The van der Waals surface area contributed by atoms with Crippen LogP contribution in [0.25, 0.3) is 0 Å². The molecule has 0 aromatic heterocycles. The molecule has 0 saturated heterocycles. The number of amides is 3. The van der Waals surface area contributed by atoms with Gasteiger partial charge < -0.3 is 30.2 Å². The zero-order chi connectivity index (χ0) is 28.2. The second kappa shape index (κ2) is 15.0. The van der Waals surface area contributed by atoms with Gasteiger partial charge in [0.05, 0.1) is 13.2 Å². The Morgan fingerprint density at radius 1 is 0.778 bits per heavy atom. The molecule has 1 unspecified atom stereocenters. The van der Waals surface area contributed by atoms with Gasteiger partial charge in [-0.3, -0.25) is 14.4 Å². The van der Waals surface area contributed by atoms with Crippen LogP contribution in [0.15, 0.2) is 0 Å². The van der Waals surface area contributed by atoms with Gasteiger partial charge in [-0.1, -0.05) is 27.7 Å².